The number of ether oxygens (including phenoxy) is 1. The van der Waals surface area contributed by atoms with Crippen LogP contribution < -0.4 is 0 Å². The minimum Gasteiger partial charge on any atom is -0.461 e. The molecule has 0 amide bonds. The average molecular weight is 268 g/mol. The average Bonchev–Trinajstić information content (AvgIpc) is 2.37. The molecule has 0 bridgehead atoms. The Morgan fingerprint density at radius 1 is 1.22 bits per heavy atom. The van der Waals surface area contributed by atoms with Gasteiger partial charge >= 0.3 is 5.97 Å². The number of aryl methyl sites for hydroxylation is 1. The minimum absolute atomic E-state index is 0.0582. The molecule has 0 unspecified atom stereocenters. The molecule has 1 rings (SSSR count). The van der Waals surface area contributed by atoms with Crippen molar-refractivity contribution in [2.24, 2.45) is 0 Å². The van der Waals surface area contributed by atoms with Crippen molar-refractivity contribution in [2.75, 3.05) is 18.1 Å². The van der Waals surface area contributed by atoms with Crippen LogP contribution in [0.2, 0.25) is 0 Å². The van der Waals surface area contributed by atoms with Gasteiger partial charge in [-0.1, -0.05) is 36.9 Å². The van der Waals surface area contributed by atoms with E-state index in [-0.39, 0.29) is 18.1 Å². The zero-order valence-electron chi connectivity index (χ0n) is 10.0. The number of hydrogen-bond donors (Lipinski definition) is 0. The van der Waals surface area contributed by atoms with Gasteiger partial charge in [-0.05, 0) is 12.0 Å². The third kappa shape index (κ3) is 5.63. The van der Waals surface area contributed by atoms with Gasteiger partial charge in [-0.15, -0.1) is 0 Å². The van der Waals surface area contributed by atoms with E-state index >= 15 is 0 Å². The molecule has 1 aromatic rings. The van der Waals surface area contributed by atoms with E-state index in [1.807, 2.05) is 30.3 Å². The molecule has 5 heteroatoms. The van der Waals surface area contributed by atoms with Crippen molar-refractivity contribution < 1.29 is 17.9 Å². The van der Waals surface area contributed by atoms with Crippen LogP contribution in [0, 0.1) is 0 Å². The largest absolute Gasteiger partial charge is 0.461 e. The van der Waals surface area contributed by atoms with E-state index < -0.39 is 15.8 Å². The van der Waals surface area contributed by atoms with Crippen LogP contribution >= 0.6 is 0 Å². The van der Waals surface area contributed by atoms with E-state index in [4.69, 9.17) is 0 Å². The maximum atomic E-state index is 11.7. The predicted octanol–water partition coefficient (Wildman–Crippen LogP) is 1.37. The Bertz CT molecular complexity index is 491. The molecule has 0 fully saturated rings. The SMILES string of the molecule is C=CC(=O)OCCS(=O)(=O)CCc1ccccc1. The number of hydrogen-bond acceptors (Lipinski definition) is 4. The Morgan fingerprint density at radius 2 is 1.89 bits per heavy atom. The summed E-state index contributed by atoms with van der Waals surface area (Å²) in [7, 11) is -3.20. The summed E-state index contributed by atoms with van der Waals surface area (Å²) in [5.74, 6) is -0.699. The number of esters is 1. The molecule has 0 aliphatic rings. The number of sulfone groups is 1. The standard InChI is InChI=1S/C13H16O4S/c1-2-13(14)17-9-11-18(15,16)10-8-12-6-4-3-5-7-12/h2-7H,1,8-11H2. The summed E-state index contributed by atoms with van der Waals surface area (Å²) >= 11 is 0. The van der Waals surface area contributed by atoms with Crippen LogP contribution in [0.25, 0.3) is 0 Å². The van der Waals surface area contributed by atoms with Gasteiger partial charge in [-0.25, -0.2) is 13.2 Å². The minimum atomic E-state index is -3.20. The molecule has 0 radical (unpaired) electrons. The number of carbonyl (C=O) groups excluding carboxylic acids is 1. The Kier molecular flexibility index (Phi) is 5.58. The topological polar surface area (TPSA) is 60.4 Å². The zero-order chi connectivity index (χ0) is 13.4. The molecule has 4 nitrogen and oxygen atoms in total. The van der Waals surface area contributed by atoms with Crippen LogP contribution in [0.4, 0.5) is 0 Å². The van der Waals surface area contributed by atoms with Crippen LogP contribution in [-0.2, 0) is 25.8 Å². The third-order valence-corrected chi connectivity index (χ3v) is 3.96. The van der Waals surface area contributed by atoms with E-state index in [2.05, 4.69) is 11.3 Å². The molecule has 98 valence electrons. The molecule has 0 heterocycles. The quantitative estimate of drug-likeness (QED) is 0.553. The second-order valence-electron chi connectivity index (χ2n) is 3.76. The summed E-state index contributed by atoms with van der Waals surface area (Å²) in [6, 6.07) is 9.38. The van der Waals surface area contributed by atoms with E-state index in [1.165, 1.54) is 0 Å². The first kappa shape index (κ1) is 14.4. The van der Waals surface area contributed by atoms with Crippen molar-refractivity contribution in [3.05, 3.63) is 48.6 Å². The first-order valence-corrected chi connectivity index (χ1v) is 7.39. The number of carbonyl (C=O) groups is 1. The first-order valence-electron chi connectivity index (χ1n) is 5.57. The third-order valence-electron chi connectivity index (χ3n) is 2.35. The summed E-state index contributed by atoms with van der Waals surface area (Å²) < 4.78 is 28.0. The van der Waals surface area contributed by atoms with Crippen LogP contribution in [0.1, 0.15) is 5.56 Å². The van der Waals surface area contributed by atoms with Crippen molar-refractivity contribution in [3.8, 4) is 0 Å². The highest BCUT2D eigenvalue weighted by molar-refractivity contribution is 7.91. The van der Waals surface area contributed by atoms with Crippen molar-refractivity contribution >= 4 is 15.8 Å². The molecule has 0 spiro atoms. The van der Waals surface area contributed by atoms with Crippen LogP contribution in [0.5, 0.6) is 0 Å². The van der Waals surface area contributed by atoms with Crippen molar-refractivity contribution in [3.63, 3.8) is 0 Å². The highest BCUT2D eigenvalue weighted by Crippen LogP contribution is 2.02. The maximum Gasteiger partial charge on any atom is 0.330 e. The van der Waals surface area contributed by atoms with Gasteiger partial charge in [0.05, 0.1) is 11.5 Å². The molecule has 0 saturated carbocycles. The fourth-order valence-corrected chi connectivity index (χ4v) is 2.44. The lowest BCUT2D eigenvalue weighted by Gasteiger charge is -2.05. The Morgan fingerprint density at radius 3 is 2.50 bits per heavy atom. The molecular weight excluding hydrogens is 252 g/mol. The molecule has 18 heavy (non-hydrogen) atoms. The van der Waals surface area contributed by atoms with Gasteiger partial charge < -0.3 is 4.74 Å². The molecule has 0 atom stereocenters. The smallest absolute Gasteiger partial charge is 0.330 e. The van der Waals surface area contributed by atoms with Crippen LogP contribution in [-0.4, -0.2) is 32.5 Å². The van der Waals surface area contributed by atoms with Gasteiger partial charge in [0.1, 0.15) is 6.61 Å². The van der Waals surface area contributed by atoms with Gasteiger partial charge in [-0.3, -0.25) is 0 Å². The molecule has 1 aromatic carbocycles. The fraction of sp³-hybridized carbons (Fsp3) is 0.308. The lowest BCUT2D eigenvalue weighted by atomic mass is 10.2. The molecular formula is C13H16O4S. The molecule has 0 aliphatic carbocycles. The Balaban J connectivity index is 2.36. The number of benzene rings is 1. The molecule has 0 saturated heterocycles. The van der Waals surface area contributed by atoms with E-state index in [9.17, 15) is 13.2 Å². The number of rotatable bonds is 7. The second-order valence-corrected chi connectivity index (χ2v) is 6.06. The van der Waals surface area contributed by atoms with Gasteiger partial charge in [0.15, 0.2) is 9.84 Å². The summed E-state index contributed by atoms with van der Waals surface area (Å²) in [4.78, 5) is 10.7. The second kappa shape index (κ2) is 6.96. The van der Waals surface area contributed by atoms with Gasteiger partial charge in [0.2, 0.25) is 0 Å². The van der Waals surface area contributed by atoms with Crippen molar-refractivity contribution in [2.45, 2.75) is 6.42 Å². The lowest BCUT2D eigenvalue weighted by molar-refractivity contribution is -0.137. The molecule has 0 aromatic heterocycles. The monoisotopic (exact) mass is 268 g/mol. The molecule has 0 N–H and O–H groups in total. The highest BCUT2D eigenvalue weighted by atomic mass is 32.2. The predicted molar refractivity (Wildman–Crippen MR) is 70.0 cm³/mol. The van der Waals surface area contributed by atoms with Gasteiger partial charge in [0, 0.05) is 6.08 Å². The van der Waals surface area contributed by atoms with E-state index in [1.54, 1.807) is 0 Å². The Hall–Kier alpha value is -1.62. The zero-order valence-corrected chi connectivity index (χ0v) is 10.9. The van der Waals surface area contributed by atoms with Crippen molar-refractivity contribution in [1.29, 1.82) is 0 Å². The first-order chi connectivity index (χ1) is 8.53. The summed E-state index contributed by atoms with van der Waals surface area (Å²) in [5.41, 5.74) is 0.976. The maximum absolute atomic E-state index is 11.7. The normalized spacial score (nSPS) is 10.9. The summed E-state index contributed by atoms with van der Waals surface area (Å²) in [6.45, 7) is 3.10. The highest BCUT2D eigenvalue weighted by Gasteiger charge is 2.11. The molecule has 0 aliphatic heterocycles. The summed E-state index contributed by atoms with van der Waals surface area (Å²) in [6.07, 6.45) is 1.48. The van der Waals surface area contributed by atoms with Gasteiger partial charge in [-0.2, -0.15) is 0 Å². The lowest BCUT2D eigenvalue weighted by Crippen LogP contribution is -2.18. The van der Waals surface area contributed by atoms with E-state index in [0.717, 1.165) is 11.6 Å². The van der Waals surface area contributed by atoms with E-state index in [0.29, 0.717) is 6.42 Å². The van der Waals surface area contributed by atoms with Crippen LogP contribution in [0.3, 0.4) is 0 Å². The van der Waals surface area contributed by atoms with Crippen LogP contribution in [0.15, 0.2) is 43.0 Å². The van der Waals surface area contributed by atoms with Crippen molar-refractivity contribution in [1.82, 2.24) is 0 Å². The fourth-order valence-electron chi connectivity index (χ4n) is 1.35. The summed E-state index contributed by atoms with van der Waals surface area (Å²) in [5, 5.41) is 0. The van der Waals surface area contributed by atoms with Gasteiger partial charge in [0.25, 0.3) is 0 Å². The Labute approximate surface area is 107 Å².